The first-order valence-corrected chi connectivity index (χ1v) is 8.34. The van der Waals surface area contributed by atoms with Crippen LogP contribution >= 0.6 is 0 Å². The monoisotopic (exact) mass is 293 g/mol. The molecule has 0 aromatic carbocycles. The van der Waals surface area contributed by atoms with Crippen molar-refractivity contribution >= 4 is 20.0 Å². The molecule has 1 aromatic heterocycles. The van der Waals surface area contributed by atoms with Crippen LogP contribution in [0.1, 0.15) is 20.8 Å². The molecule has 102 valence electrons. The molecule has 0 atom stereocenters. The molecule has 0 aliphatic carbocycles. The first-order valence-electron chi connectivity index (χ1n) is 5.05. The van der Waals surface area contributed by atoms with Gasteiger partial charge in [0.1, 0.15) is 0 Å². The number of hydrogen-bond donors (Lipinski definition) is 0. The molecule has 0 unspecified atom stereocenters. The Kier molecular flexibility index (Phi) is 3.73. The minimum absolute atomic E-state index is 0.212. The van der Waals surface area contributed by atoms with E-state index in [1.54, 1.807) is 0 Å². The molecule has 1 heterocycles. The highest BCUT2D eigenvalue weighted by Gasteiger charge is 2.32. The van der Waals surface area contributed by atoms with Gasteiger partial charge in [-0.3, -0.25) is 0 Å². The van der Waals surface area contributed by atoms with Crippen LogP contribution in [0.2, 0.25) is 0 Å². The Bertz CT molecular complexity index is 641. The maximum atomic E-state index is 12.1. The molecule has 1 rings (SSSR count). The molecule has 0 fully saturated rings. The van der Waals surface area contributed by atoms with Crippen LogP contribution in [0.4, 0.5) is 0 Å². The van der Waals surface area contributed by atoms with Gasteiger partial charge >= 0.3 is 10.1 Å². The van der Waals surface area contributed by atoms with Gasteiger partial charge in [-0.25, -0.2) is 13.4 Å². The number of rotatable bonds is 3. The van der Waals surface area contributed by atoms with E-state index in [0.717, 1.165) is 6.26 Å². The SMILES string of the molecule is CC(C)(C)S(=O)(=O)c1cccc(OS(C)(=O)=O)n1. The van der Waals surface area contributed by atoms with Crippen LogP contribution in [0.15, 0.2) is 23.2 Å². The van der Waals surface area contributed by atoms with Crippen LogP contribution < -0.4 is 4.18 Å². The molecule has 6 nitrogen and oxygen atoms in total. The zero-order valence-corrected chi connectivity index (χ0v) is 12.2. The summed E-state index contributed by atoms with van der Waals surface area (Å²) in [6, 6.07) is 3.96. The first kappa shape index (κ1) is 14.9. The highest BCUT2D eigenvalue weighted by Crippen LogP contribution is 2.24. The van der Waals surface area contributed by atoms with Crippen molar-refractivity contribution in [3.05, 3.63) is 18.2 Å². The summed E-state index contributed by atoms with van der Waals surface area (Å²) in [6.07, 6.45) is 0.861. The van der Waals surface area contributed by atoms with E-state index in [2.05, 4.69) is 9.17 Å². The van der Waals surface area contributed by atoms with E-state index >= 15 is 0 Å². The fraction of sp³-hybridized carbons (Fsp3) is 0.500. The van der Waals surface area contributed by atoms with Crippen molar-refractivity contribution in [3.8, 4) is 5.88 Å². The van der Waals surface area contributed by atoms with E-state index in [9.17, 15) is 16.8 Å². The Morgan fingerprint density at radius 3 is 2.11 bits per heavy atom. The first-order chi connectivity index (χ1) is 7.93. The molecule has 0 aliphatic heterocycles. The normalized spacial score (nSPS) is 13.3. The number of hydrogen-bond acceptors (Lipinski definition) is 6. The van der Waals surface area contributed by atoms with Crippen molar-refractivity contribution in [1.29, 1.82) is 0 Å². The maximum Gasteiger partial charge on any atom is 0.307 e. The molecule has 0 amide bonds. The van der Waals surface area contributed by atoms with Crippen LogP contribution in [0, 0.1) is 0 Å². The Hall–Kier alpha value is -1.15. The van der Waals surface area contributed by atoms with E-state index in [1.807, 2.05) is 0 Å². The summed E-state index contributed by atoms with van der Waals surface area (Å²) >= 11 is 0. The second-order valence-electron chi connectivity index (χ2n) is 4.72. The van der Waals surface area contributed by atoms with Gasteiger partial charge in [0.2, 0.25) is 15.7 Å². The van der Waals surface area contributed by atoms with Crippen molar-refractivity contribution in [2.75, 3.05) is 6.26 Å². The third-order valence-corrected chi connectivity index (χ3v) is 4.88. The number of pyridine rings is 1. The highest BCUT2D eigenvalue weighted by atomic mass is 32.2. The molecular weight excluding hydrogens is 278 g/mol. The van der Waals surface area contributed by atoms with Gasteiger partial charge in [0.15, 0.2) is 5.03 Å². The van der Waals surface area contributed by atoms with Crippen LogP contribution in [-0.4, -0.2) is 32.8 Å². The van der Waals surface area contributed by atoms with Crippen molar-refractivity contribution in [2.45, 2.75) is 30.5 Å². The average Bonchev–Trinajstić information content (AvgIpc) is 2.13. The fourth-order valence-corrected chi connectivity index (χ4v) is 2.56. The Balaban J connectivity index is 3.27. The van der Waals surface area contributed by atoms with Crippen molar-refractivity contribution < 1.29 is 21.0 Å². The van der Waals surface area contributed by atoms with Crippen LogP contribution in [0.5, 0.6) is 5.88 Å². The molecular formula is C10H15NO5S2. The number of sulfone groups is 1. The minimum Gasteiger partial charge on any atom is -0.362 e. The average molecular weight is 293 g/mol. The molecule has 0 bridgehead atoms. The molecule has 18 heavy (non-hydrogen) atoms. The molecule has 1 aromatic rings. The summed E-state index contributed by atoms with van der Waals surface area (Å²) in [6.45, 7) is 4.61. The lowest BCUT2D eigenvalue weighted by Crippen LogP contribution is -2.28. The van der Waals surface area contributed by atoms with Gasteiger partial charge in [0.25, 0.3) is 0 Å². The molecule has 0 N–H and O–H groups in total. The van der Waals surface area contributed by atoms with Crippen molar-refractivity contribution in [3.63, 3.8) is 0 Å². The summed E-state index contributed by atoms with van der Waals surface area (Å²) in [4.78, 5) is 3.71. The third kappa shape index (κ3) is 3.42. The predicted molar refractivity (Wildman–Crippen MR) is 66.6 cm³/mol. The molecule has 0 saturated heterocycles. The van der Waals surface area contributed by atoms with Gasteiger partial charge in [-0.15, -0.1) is 0 Å². The lowest BCUT2D eigenvalue weighted by Gasteiger charge is -2.18. The zero-order chi connectivity index (χ0) is 14.2. The molecule has 0 spiro atoms. The van der Waals surface area contributed by atoms with Gasteiger partial charge in [-0.05, 0) is 26.8 Å². The Labute approximate surface area is 107 Å². The van der Waals surface area contributed by atoms with Crippen LogP contribution in [0.25, 0.3) is 0 Å². The smallest absolute Gasteiger partial charge is 0.307 e. The topological polar surface area (TPSA) is 90.4 Å². The Morgan fingerprint density at radius 1 is 1.11 bits per heavy atom. The molecule has 8 heteroatoms. The van der Waals surface area contributed by atoms with Crippen molar-refractivity contribution in [1.82, 2.24) is 4.98 Å². The largest absolute Gasteiger partial charge is 0.362 e. The zero-order valence-electron chi connectivity index (χ0n) is 10.5. The second-order valence-corrected chi connectivity index (χ2v) is 8.94. The number of nitrogens with zero attached hydrogens (tertiary/aromatic N) is 1. The van der Waals surface area contributed by atoms with Crippen molar-refractivity contribution in [2.24, 2.45) is 0 Å². The summed E-state index contributed by atoms with van der Waals surface area (Å²) < 4.78 is 49.6. The second kappa shape index (κ2) is 4.51. The fourth-order valence-electron chi connectivity index (χ4n) is 1.06. The van der Waals surface area contributed by atoms with Gasteiger partial charge in [-0.2, -0.15) is 8.42 Å². The lowest BCUT2D eigenvalue weighted by atomic mass is 10.3. The number of aromatic nitrogens is 1. The van der Waals surface area contributed by atoms with E-state index < -0.39 is 24.7 Å². The van der Waals surface area contributed by atoms with E-state index in [1.165, 1.54) is 39.0 Å². The maximum absolute atomic E-state index is 12.1. The predicted octanol–water partition coefficient (Wildman–Crippen LogP) is 0.992. The standard InChI is InChI=1S/C10H15NO5S2/c1-10(2,3)18(14,15)9-7-5-6-8(11-9)16-17(4,12)13/h5-7H,1-4H3. The quantitative estimate of drug-likeness (QED) is 0.772. The van der Waals surface area contributed by atoms with Gasteiger partial charge in [-0.1, -0.05) is 6.07 Å². The minimum atomic E-state index is -3.73. The summed E-state index contributed by atoms with van der Waals surface area (Å²) in [5.74, 6) is -0.261. The van der Waals surface area contributed by atoms with E-state index in [4.69, 9.17) is 0 Å². The molecule has 0 radical (unpaired) electrons. The summed E-state index contributed by atoms with van der Waals surface area (Å²) in [7, 11) is -7.37. The molecule has 0 aliphatic rings. The summed E-state index contributed by atoms with van der Waals surface area (Å²) in [5.41, 5.74) is 0. The van der Waals surface area contributed by atoms with Crippen LogP contribution in [0.3, 0.4) is 0 Å². The van der Waals surface area contributed by atoms with E-state index in [-0.39, 0.29) is 10.9 Å². The van der Waals surface area contributed by atoms with Gasteiger partial charge in [0.05, 0.1) is 11.0 Å². The van der Waals surface area contributed by atoms with E-state index in [0.29, 0.717) is 0 Å². The summed E-state index contributed by atoms with van der Waals surface area (Å²) in [5, 5.41) is -0.212. The molecule has 0 saturated carbocycles. The Morgan fingerprint density at radius 2 is 1.67 bits per heavy atom. The lowest BCUT2D eigenvalue weighted by molar-refractivity contribution is 0.478. The highest BCUT2D eigenvalue weighted by molar-refractivity contribution is 7.92. The van der Waals surface area contributed by atoms with Gasteiger partial charge < -0.3 is 4.18 Å². The van der Waals surface area contributed by atoms with Gasteiger partial charge in [0, 0.05) is 6.07 Å². The third-order valence-electron chi connectivity index (χ3n) is 2.02. The van der Waals surface area contributed by atoms with Crippen LogP contribution in [-0.2, 0) is 20.0 Å².